The van der Waals surface area contributed by atoms with Gasteiger partial charge in [0.1, 0.15) is 11.9 Å². The molecule has 3 heteroatoms. The average molecular weight is 633 g/mol. The smallest absolute Gasteiger partial charge is 0.123 e. The molecule has 3 nitrogen and oxygen atoms in total. The van der Waals surface area contributed by atoms with Crippen molar-refractivity contribution in [2.24, 2.45) is 0 Å². The van der Waals surface area contributed by atoms with E-state index in [1.807, 2.05) is 0 Å². The molecule has 0 radical (unpaired) electrons. The van der Waals surface area contributed by atoms with Crippen molar-refractivity contribution in [3.63, 3.8) is 0 Å². The second kappa shape index (κ2) is 10.5. The van der Waals surface area contributed by atoms with Crippen molar-refractivity contribution in [1.82, 2.24) is 4.57 Å². The molecule has 5 aromatic carbocycles. The molecule has 0 spiro atoms. The Hall–Kier alpha value is -4.50. The zero-order chi connectivity index (χ0) is 33.9. The van der Waals surface area contributed by atoms with Crippen LogP contribution in [0.15, 0.2) is 78.9 Å². The van der Waals surface area contributed by atoms with E-state index in [4.69, 9.17) is 4.74 Å². The molecule has 1 aromatic heterocycles. The van der Waals surface area contributed by atoms with Crippen LogP contribution < -0.4 is 9.64 Å². The maximum atomic E-state index is 5.87. The Labute approximate surface area is 285 Å². The van der Waals surface area contributed by atoms with E-state index >= 15 is 0 Å². The third-order valence-corrected chi connectivity index (χ3v) is 11.7. The first kappa shape index (κ1) is 30.8. The summed E-state index contributed by atoms with van der Waals surface area (Å²) in [4.78, 5) is 2.55. The lowest BCUT2D eigenvalue weighted by Gasteiger charge is -2.42. The van der Waals surface area contributed by atoms with Gasteiger partial charge in [-0.25, -0.2) is 0 Å². The first-order valence-electron chi connectivity index (χ1n) is 17.6. The van der Waals surface area contributed by atoms with Gasteiger partial charge in [0.2, 0.25) is 0 Å². The van der Waals surface area contributed by atoms with Crippen LogP contribution >= 0.6 is 0 Å². The van der Waals surface area contributed by atoms with Crippen LogP contribution in [0.3, 0.4) is 0 Å². The summed E-state index contributed by atoms with van der Waals surface area (Å²) >= 11 is 0. The molecule has 1 aliphatic heterocycles. The molecule has 6 aromatic rings. The van der Waals surface area contributed by atoms with E-state index in [1.165, 1.54) is 95.4 Å². The zero-order valence-electron chi connectivity index (χ0n) is 30.3. The fourth-order valence-corrected chi connectivity index (χ4v) is 9.01. The van der Waals surface area contributed by atoms with Crippen LogP contribution in [0.1, 0.15) is 87.0 Å². The summed E-state index contributed by atoms with van der Waals surface area (Å²) in [5.74, 6) is 0.914. The third-order valence-electron chi connectivity index (χ3n) is 11.7. The molecule has 48 heavy (non-hydrogen) atoms. The lowest BCUT2D eigenvalue weighted by Crippen LogP contribution is -2.34. The molecule has 1 aliphatic carbocycles. The fraction of sp³-hybridized carbons (Fsp3) is 0.333. The van der Waals surface area contributed by atoms with E-state index < -0.39 is 0 Å². The van der Waals surface area contributed by atoms with Crippen molar-refractivity contribution in [1.29, 1.82) is 0 Å². The van der Waals surface area contributed by atoms with Gasteiger partial charge in [-0.05, 0) is 138 Å². The van der Waals surface area contributed by atoms with E-state index in [-0.39, 0.29) is 17.0 Å². The quantitative estimate of drug-likeness (QED) is 0.189. The van der Waals surface area contributed by atoms with Gasteiger partial charge in [0.15, 0.2) is 0 Å². The summed E-state index contributed by atoms with van der Waals surface area (Å²) in [5, 5.41) is 7.85. The van der Waals surface area contributed by atoms with E-state index in [0.717, 1.165) is 11.3 Å². The number of anilines is 2. The molecule has 8 rings (SSSR count). The van der Waals surface area contributed by atoms with Crippen LogP contribution in [-0.2, 0) is 10.8 Å². The van der Waals surface area contributed by atoms with Crippen LogP contribution in [0.25, 0.3) is 43.4 Å². The number of aromatic nitrogens is 1. The van der Waals surface area contributed by atoms with Gasteiger partial charge >= 0.3 is 0 Å². The standard InChI is InChI=1S/C45H48N2O/c1-26-17-18-31-33(21-26)32-14-11-13-28(3)42(32)35-24-36-37(45(8,9)20-19-44(36,6)7)25-39(35)47-30(5)46(38-15-12-16-41(48-10)29(38)4)40-23-27(2)22-34(31)43(40)47/h11-18,21-25,30H,19-20H2,1-10H3/t30-/m1/s1. The first-order chi connectivity index (χ1) is 22.8. The van der Waals surface area contributed by atoms with E-state index in [0.29, 0.717) is 0 Å². The van der Waals surface area contributed by atoms with Crippen molar-refractivity contribution in [2.45, 2.75) is 92.2 Å². The monoisotopic (exact) mass is 632 g/mol. The van der Waals surface area contributed by atoms with Gasteiger partial charge in [0.25, 0.3) is 0 Å². The highest BCUT2D eigenvalue weighted by molar-refractivity contribution is 6.22. The maximum Gasteiger partial charge on any atom is 0.123 e. The van der Waals surface area contributed by atoms with Gasteiger partial charge in [-0.3, -0.25) is 0 Å². The van der Waals surface area contributed by atoms with Gasteiger partial charge in [0, 0.05) is 22.0 Å². The van der Waals surface area contributed by atoms with Gasteiger partial charge in [-0.15, -0.1) is 0 Å². The first-order valence-corrected chi connectivity index (χ1v) is 17.6. The van der Waals surface area contributed by atoms with Crippen LogP contribution in [0.5, 0.6) is 5.75 Å². The van der Waals surface area contributed by atoms with Crippen LogP contribution in [0.4, 0.5) is 11.4 Å². The Balaban J connectivity index is 1.71. The van der Waals surface area contributed by atoms with E-state index in [9.17, 15) is 0 Å². The molecule has 0 fully saturated rings. The van der Waals surface area contributed by atoms with Gasteiger partial charge < -0.3 is 14.2 Å². The number of fused-ring (bicyclic) bond motifs is 8. The second-order valence-electron chi connectivity index (χ2n) is 15.9. The summed E-state index contributed by atoms with van der Waals surface area (Å²) in [6.45, 7) is 21.1. The van der Waals surface area contributed by atoms with Crippen molar-refractivity contribution in [2.75, 3.05) is 12.0 Å². The predicted octanol–water partition coefficient (Wildman–Crippen LogP) is 12.5. The minimum Gasteiger partial charge on any atom is -0.496 e. The number of ether oxygens (including phenoxy) is 1. The molecule has 0 saturated heterocycles. The second-order valence-corrected chi connectivity index (χ2v) is 15.9. The molecule has 2 heterocycles. The van der Waals surface area contributed by atoms with Crippen LogP contribution in [-0.4, -0.2) is 11.7 Å². The van der Waals surface area contributed by atoms with Crippen LogP contribution in [0.2, 0.25) is 0 Å². The lowest BCUT2D eigenvalue weighted by atomic mass is 9.63. The molecular weight excluding hydrogens is 585 g/mol. The number of methoxy groups -OCH3 is 1. The molecule has 0 amide bonds. The summed E-state index contributed by atoms with van der Waals surface area (Å²) in [6, 6.07) is 30.4. The van der Waals surface area contributed by atoms with Crippen molar-refractivity contribution in [3.8, 4) is 5.75 Å². The van der Waals surface area contributed by atoms with Gasteiger partial charge in [-0.1, -0.05) is 75.7 Å². The molecule has 0 unspecified atom stereocenters. The number of nitrogens with zero attached hydrogens (tertiary/aromatic N) is 2. The van der Waals surface area contributed by atoms with Gasteiger partial charge in [-0.2, -0.15) is 0 Å². The Morgan fingerprint density at radius 3 is 2.06 bits per heavy atom. The summed E-state index contributed by atoms with van der Waals surface area (Å²) < 4.78 is 8.54. The molecule has 2 aliphatic rings. The number of aryl methyl sites for hydroxylation is 3. The highest BCUT2D eigenvalue weighted by Gasteiger charge is 2.39. The average Bonchev–Trinajstić information content (AvgIpc) is 3.34. The predicted molar refractivity (Wildman–Crippen MR) is 206 cm³/mol. The zero-order valence-corrected chi connectivity index (χ0v) is 30.3. The summed E-state index contributed by atoms with van der Waals surface area (Å²) in [6.07, 6.45) is 2.38. The van der Waals surface area contributed by atoms with Gasteiger partial charge in [0.05, 0.1) is 23.8 Å². The number of benzene rings is 5. The Bertz CT molecular complexity index is 2410. The SMILES string of the molecule is COc1cccc(N2c3cc(C)cc4c5ccc(C)cc5c5cccc(C)c5c5cc6c(cc5n(c34)[C@@H]2C)C(C)(C)CCC6(C)C)c1C. The Morgan fingerprint density at radius 1 is 0.646 bits per heavy atom. The Morgan fingerprint density at radius 2 is 1.33 bits per heavy atom. The Kier molecular flexibility index (Phi) is 6.74. The molecule has 0 bridgehead atoms. The van der Waals surface area contributed by atoms with E-state index in [1.54, 1.807) is 7.11 Å². The minimum absolute atomic E-state index is 0.0161. The molecule has 0 saturated carbocycles. The number of rotatable bonds is 2. The third kappa shape index (κ3) is 4.32. The highest BCUT2D eigenvalue weighted by atomic mass is 16.5. The van der Waals surface area contributed by atoms with Crippen LogP contribution in [0, 0.1) is 27.7 Å². The molecule has 1 atom stereocenters. The van der Waals surface area contributed by atoms with E-state index in [2.05, 4.69) is 151 Å². The molecule has 244 valence electrons. The number of hydrogen-bond donors (Lipinski definition) is 0. The molecule has 0 N–H and O–H groups in total. The molecular formula is C45H48N2O. The normalized spacial score (nSPS) is 17.7. The number of hydrogen-bond acceptors (Lipinski definition) is 2. The topological polar surface area (TPSA) is 17.4 Å². The largest absolute Gasteiger partial charge is 0.496 e. The summed E-state index contributed by atoms with van der Waals surface area (Å²) in [7, 11) is 1.77. The summed E-state index contributed by atoms with van der Waals surface area (Å²) in [5.41, 5.74) is 13.1. The fourth-order valence-electron chi connectivity index (χ4n) is 9.01. The maximum absolute atomic E-state index is 5.87. The lowest BCUT2D eigenvalue weighted by molar-refractivity contribution is 0.332. The minimum atomic E-state index is 0.0161. The highest BCUT2D eigenvalue weighted by Crippen LogP contribution is 2.52. The van der Waals surface area contributed by atoms with Crippen molar-refractivity contribution >= 4 is 54.7 Å². The van der Waals surface area contributed by atoms with Crippen molar-refractivity contribution in [3.05, 3.63) is 112 Å². The van der Waals surface area contributed by atoms with Crippen molar-refractivity contribution < 1.29 is 4.74 Å².